The summed E-state index contributed by atoms with van der Waals surface area (Å²) < 4.78 is 13.0. The minimum Gasteiger partial charge on any atom is -0.329 e. The maximum atomic E-state index is 13.0. The van der Waals surface area contributed by atoms with Crippen LogP contribution in [-0.2, 0) is 6.54 Å². The molecular weight excluding hydrogens is 253 g/mol. The fraction of sp³-hybridized carbons (Fsp3) is 0.625. The lowest BCUT2D eigenvalue weighted by Gasteiger charge is -2.42. The molecule has 110 valence electrons. The molecule has 0 aromatic heterocycles. The zero-order valence-electron chi connectivity index (χ0n) is 12.2. The highest BCUT2D eigenvalue weighted by atomic mass is 19.1. The van der Waals surface area contributed by atoms with E-state index in [9.17, 15) is 4.39 Å². The average molecular weight is 277 g/mol. The standard InChI is InChI=1S/C16H24FN3/c1-19(11-13-4-6-14(17)7-5-13)16(12-18)8-10-20-9-2-3-15(16)20/h4-7,15H,2-3,8-12,18H2,1H3. The first-order valence-corrected chi connectivity index (χ1v) is 7.55. The molecule has 0 bridgehead atoms. The normalized spacial score (nSPS) is 30.1. The third-order valence-electron chi connectivity index (χ3n) is 5.26. The SMILES string of the molecule is CN(Cc1ccc(F)cc1)C1(CN)CCN2CCCC21. The third kappa shape index (κ3) is 2.26. The molecule has 0 amide bonds. The number of nitrogens with two attached hydrogens (primary N) is 1. The minimum atomic E-state index is -0.173. The van der Waals surface area contributed by atoms with Gasteiger partial charge in [-0.3, -0.25) is 9.80 Å². The van der Waals surface area contributed by atoms with E-state index in [0.29, 0.717) is 12.6 Å². The Morgan fingerprint density at radius 1 is 1.35 bits per heavy atom. The van der Waals surface area contributed by atoms with Crippen LogP contribution in [0.5, 0.6) is 0 Å². The second-order valence-electron chi connectivity index (χ2n) is 6.23. The molecule has 1 aromatic rings. The van der Waals surface area contributed by atoms with E-state index in [-0.39, 0.29) is 11.4 Å². The molecule has 2 saturated heterocycles. The first-order chi connectivity index (χ1) is 9.65. The van der Waals surface area contributed by atoms with Crippen molar-refractivity contribution in [2.45, 2.75) is 37.4 Å². The lowest BCUT2D eigenvalue weighted by atomic mass is 9.86. The lowest BCUT2D eigenvalue weighted by Crippen LogP contribution is -2.58. The van der Waals surface area contributed by atoms with Gasteiger partial charge < -0.3 is 5.73 Å². The van der Waals surface area contributed by atoms with Gasteiger partial charge in [0.15, 0.2) is 0 Å². The molecule has 2 aliphatic heterocycles. The van der Waals surface area contributed by atoms with E-state index in [0.717, 1.165) is 25.1 Å². The van der Waals surface area contributed by atoms with E-state index >= 15 is 0 Å². The van der Waals surface area contributed by atoms with Gasteiger partial charge in [-0.05, 0) is 50.6 Å². The van der Waals surface area contributed by atoms with Crippen molar-refractivity contribution in [1.29, 1.82) is 0 Å². The molecule has 0 radical (unpaired) electrons. The maximum absolute atomic E-state index is 13.0. The Kier molecular flexibility index (Phi) is 3.80. The molecule has 2 unspecified atom stereocenters. The van der Waals surface area contributed by atoms with E-state index in [4.69, 9.17) is 5.73 Å². The summed E-state index contributed by atoms with van der Waals surface area (Å²) in [5.41, 5.74) is 7.41. The van der Waals surface area contributed by atoms with Crippen molar-refractivity contribution >= 4 is 0 Å². The van der Waals surface area contributed by atoms with Crippen LogP contribution in [0.3, 0.4) is 0 Å². The van der Waals surface area contributed by atoms with Gasteiger partial charge in [-0.25, -0.2) is 4.39 Å². The topological polar surface area (TPSA) is 32.5 Å². The summed E-state index contributed by atoms with van der Waals surface area (Å²) in [4.78, 5) is 4.99. The zero-order chi connectivity index (χ0) is 14.2. The second-order valence-corrected chi connectivity index (χ2v) is 6.23. The summed E-state index contributed by atoms with van der Waals surface area (Å²) in [5.74, 6) is -0.173. The number of halogens is 1. The number of likely N-dealkylation sites (N-methyl/N-ethyl adjacent to an activating group) is 1. The van der Waals surface area contributed by atoms with Crippen molar-refractivity contribution in [3.8, 4) is 0 Å². The Morgan fingerprint density at radius 3 is 2.80 bits per heavy atom. The predicted molar refractivity (Wildman–Crippen MR) is 78.9 cm³/mol. The maximum Gasteiger partial charge on any atom is 0.123 e. The molecule has 0 saturated carbocycles. The van der Waals surface area contributed by atoms with Crippen LogP contribution in [0.4, 0.5) is 4.39 Å². The van der Waals surface area contributed by atoms with Crippen molar-refractivity contribution in [1.82, 2.24) is 9.80 Å². The Balaban J connectivity index is 1.77. The molecule has 0 spiro atoms. The van der Waals surface area contributed by atoms with Crippen LogP contribution in [0.1, 0.15) is 24.8 Å². The molecule has 2 heterocycles. The molecule has 20 heavy (non-hydrogen) atoms. The van der Waals surface area contributed by atoms with Crippen LogP contribution in [0.25, 0.3) is 0 Å². The highest BCUT2D eigenvalue weighted by Gasteiger charge is 2.50. The quantitative estimate of drug-likeness (QED) is 0.911. The smallest absolute Gasteiger partial charge is 0.123 e. The molecule has 2 fully saturated rings. The Labute approximate surface area is 120 Å². The van der Waals surface area contributed by atoms with Crippen LogP contribution in [0.2, 0.25) is 0 Å². The van der Waals surface area contributed by atoms with Gasteiger partial charge in [0.2, 0.25) is 0 Å². The van der Waals surface area contributed by atoms with Gasteiger partial charge in [0.1, 0.15) is 5.82 Å². The first kappa shape index (κ1) is 14.0. The van der Waals surface area contributed by atoms with Gasteiger partial charge in [-0.15, -0.1) is 0 Å². The van der Waals surface area contributed by atoms with Crippen molar-refractivity contribution in [2.24, 2.45) is 5.73 Å². The van der Waals surface area contributed by atoms with Gasteiger partial charge in [0, 0.05) is 31.2 Å². The highest BCUT2D eigenvalue weighted by molar-refractivity contribution is 5.18. The third-order valence-corrected chi connectivity index (χ3v) is 5.26. The molecule has 0 aliphatic carbocycles. The summed E-state index contributed by atoms with van der Waals surface area (Å²) in [6, 6.07) is 7.41. The summed E-state index contributed by atoms with van der Waals surface area (Å²) in [6.07, 6.45) is 3.69. The van der Waals surface area contributed by atoms with Gasteiger partial charge >= 0.3 is 0 Å². The number of fused-ring (bicyclic) bond motifs is 1. The number of nitrogens with zero attached hydrogens (tertiary/aromatic N) is 2. The predicted octanol–water partition coefficient (Wildman–Crippen LogP) is 1.82. The summed E-state index contributed by atoms with van der Waals surface area (Å²) in [5, 5.41) is 0. The van der Waals surface area contributed by atoms with E-state index in [1.807, 2.05) is 12.1 Å². The fourth-order valence-corrected chi connectivity index (χ4v) is 4.07. The van der Waals surface area contributed by atoms with Crippen molar-refractivity contribution in [3.63, 3.8) is 0 Å². The van der Waals surface area contributed by atoms with Gasteiger partial charge in [0.25, 0.3) is 0 Å². The molecule has 4 heteroatoms. The van der Waals surface area contributed by atoms with Crippen molar-refractivity contribution < 1.29 is 4.39 Å². The van der Waals surface area contributed by atoms with Crippen LogP contribution in [0.15, 0.2) is 24.3 Å². The number of hydrogen-bond acceptors (Lipinski definition) is 3. The highest BCUT2D eigenvalue weighted by Crippen LogP contribution is 2.39. The van der Waals surface area contributed by atoms with E-state index in [1.165, 1.54) is 31.5 Å². The monoisotopic (exact) mass is 277 g/mol. The Hall–Kier alpha value is -0.970. The summed E-state index contributed by atoms with van der Waals surface area (Å²) >= 11 is 0. The lowest BCUT2D eigenvalue weighted by molar-refractivity contribution is 0.0841. The van der Waals surface area contributed by atoms with Gasteiger partial charge in [-0.1, -0.05) is 12.1 Å². The molecule has 2 N–H and O–H groups in total. The van der Waals surface area contributed by atoms with E-state index in [1.54, 1.807) is 0 Å². The van der Waals surface area contributed by atoms with Gasteiger partial charge in [-0.2, -0.15) is 0 Å². The molecule has 3 nitrogen and oxygen atoms in total. The van der Waals surface area contributed by atoms with Crippen LogP contribution in [0, 0.1) is 5.82 Å². The second kappa shape index (κ2) is 5.43. The van der Waals surface area contributed by atoms with Crippen molar-refractivity contribution in [2.75, 3.05) is 26.7 Å². The van der Waals surface area contributed by atoms with Crippen molar-refractivity contribution in [3.05, 3.63) is 35.6 Å². The Bertz CT molecular complexity index is 461. The number of hydrogen-bond donors (Lipinski definition) is 1. The molecule has 3 rings (SSSR count). The zero-order valence-corrected chi connectivity index (χ0v) is 12.2. The van der Waals surface area contributed by atoms with Crippen LogP contribution < -0.4 is 5.73 Å². The molecule has 1 aromatic carbocycles. The van der Waals surface area contributed by atoms with Crippen LogP contribution >= 0.6 is 0 Å². The van der Waals surface area contributed by atoms with E-state index in [2.05, 4.69) is 16.8 Å². The minimum absolute atomic E-state index is 0.0882. The number of benzene rings is 1. The Morgan fingerprint density at radius 2 is 2.10 bits per heavy atom. The molecular formula is C16H24FN3. The summed E-state index contributed by atoms with van der Waals surface area (Å²) in [6.45, 7) is 3.92. The van der Waals surface area contributed by atoms with Crippen LogP contribution in [-0.4, -0.2) is 48.1 Å². The first-order valence-electron chi connectivity index (χ1n) is 7.55. The molecule has 2 atom stereocenters. The average Bonchev–Trinajstić information content (AvgIpc) is 3.03. The largest absolute Gasteiger partial charge is 0.329 e. The molecule has 2 aliphatic rings. The van der Waals surface area contributed by atoms with E-state index < -0.39 is 0 Å². The fourth-order valence-electron chi connectivity index (χ4n) is 4.07. The summed E-state index contributed by atoms with van der Waals surface area (Å²) in [7, 11) is 2.16. The number of rotatable bonds is 4. The van der Waals surface area contributed by atoms with Gasteiger partial charge in [0.05, 0.1) is 0 Å².